The van der Waals surface area contributed by atoms with Gasteiger partial charge in [0.2, 0.25) is 5.91 Å². The van der Waals surface area contributed by atoms with E-state index in [2.05, 4.69) is 16.4 Å². The maximum absolute atomic E-state index is 12.4. The zero-order valence-electron chi connectivity index (χ0n) is 16.9. The number of hydrogen-bond donors (Lipinski definition) is 1. The molecule has 5 nitrogen and oxygen atoms in total. The molecular weight excluding hydrogens is 453 g/mol. The number of hydrogen-bond acceptors (Lipinski definition) is 5. The number of ether oxygens (including phenoxy) is 1. The smallest absolute Gasteiger partial charge is 0.225 e. The Morgan fingerprint density at radius 2 is 1.94 bits per heavy atom. The number of halogens is 2. The molecule has 31 heavy (non-hydrogen) atoms. The first-order chi connectivity index (χ1) is 14.9. The number of rotatable bonds is 7. The number of amides is 1. The van der Waals surface area contributed by atoms with E-state index in [4.69, 9.17) is 27.9 Å². The molecule has 1 N–H and O–H groups in total. The Bertz CT molecular complexity index is 1140. The lowest BCUT2D eigenvalue weighted by atomic mass is 10.1. The summed E-state index contributed by atoms with van der Waals surface area (Å²) in [7, 11) is 1.52. The Morgan fingerprint density at radius 1 is 1.19 bits per heavy atom. The van der Waals surface area contributed by atoms with Gasteiger partial charge in [0.15, 0.2) is 0 Å². The number of pyridine rings is 1. The molecule has 2 aromatic carbocycles. The Kier molecular flexibility index (Phi) is 7.80. The summed E-state index contributed by atoms with van der Waals surface area (Å²) in [6, 6.07) is 16.5. The van der Waals surface area contributed by atoms with Crippen LogP contribution in [0.4, 0.5) is 5.69 Å². The Morgan fingerprint density at radius 3 is 2.61 bits per heavy atom. The first kappa shape index (κ1) is 23.0. The lowest BCUT2D eigenvalue weighted by Crippen LogP contribution is -2.13. The quantitative estimate of drug-likeness (QED) is 0.405. The van der Waals surface area contributed by atoms with Crippen molar-refractivity contribution in [1.82, 2.24) is 4.98 Å². The molecule has 1 aromatic heterocycles. The van der Waals surface area contributed by atoms with Gasteiger partial charge in [0.05, 0.1) is 24.1 Å². The van der Waals surface area contributed by atoms with E-state index in [1.54, 1.807) is 36.4 Å². The van der Waals surface area contributed by atoms with Gasteiger partial charge >= 0.3 is 0 Å². The molecule has 158 valence electrons. The first-order valence-corrected chi connectivity index (χ1v) is 11.1. The molecule has 0 radical (unpaired) electrons. The van der Waals surface area contributed by atoms with Crippen molar-refractivity contribution in [3.05, 3.63) is 69.7 Å². The summed E-state index contributed by atoms with van der Waals surface area (Å²) in [6.45, 7) is 1.86. The predicted octanol–water partition coefficient (Wildman–Crippen LogP) is 6.37. The van der Waals surface area contributed by atoms with E-state index in [0.717, 1.165) is 16.8 Å². The molecule has 0 aliphatic carbocycles. The third-order valence-corrected chi connectivity index (χ3v) is 6.10. The molecule has 1 heterocycles. The number of nitrogens with zero attached hydrogens (tertiary/aromatic N) is 2. The number of nitrogens with one attached hydrogen (secondary N) is 1. The van der Waals surface area contributed by atoms with Crippen molar-refractivity contribution in [3.8, 4) is 23.1 Å². The fourth-order valence-electron chi connectivity index (χ4n) is 2.80. The van der Waals surface area contributed by atoms with Crippen molar-refractivity contribution in [3.63, 3.8) is 0 Å². The van der Waals surface area contributed by atoms with E-state index in [9.17, 15) is 10.1 Å². The molecule has 0 fully saturated rings. The minimum atomic E-state index is -0.167. The van der Waals surface area contributed by atoms with Crippen LogP contribution in [0.25, 0.3) is 11.3 Å². The molecular formula is C23H19Cl2N3O2S. The van der Waals surface area contributed by atoms with Crippen LogP contribution in [0.5, 0.6) is 5.75 Å². The normalized spacial score (nSPS) is 10.4. The number of thioether (sulfide) groups is 1. The number of aryl methyl sites for hydroxylation is 1. The lowest BCUT2D eigenvalue weighted by molar-refractivity contribution is -0.115. The molecule has 0 bridgehead atoms. The zero-order valence-corrected chi connectivity index (χ0v) is 19.2. The second-order valence-electron chi connectivity index (χ2n) is 6.62. The highest BCUT2D eigenvalue weighted by atomic mass is 35.5. The standard InChI is InChI=1S/C23H19Cl2N3O2S/c1-14-11-20(21(30-2)12-18(14)25)27-22(29)9-10-31-23-16(13-26)5-8-19(28-23)15-3-6-17(24)7-4-15/h3-8,11-12H,9-10H2,1-2H3,(H,27,29). The molecule has 0 saturated carbocycles. The average molecular weight is 472 g/mol. The van der Waals surface area contributed by atoms with Gasteiger partial charge in [-0.3, -0.25) is 4.79 Å². The van der Waals surface area contributed by atoms with Crippen LogP contribution >= 0.6 is 35.0 Å². The van der Waals surface area contributed by atoms with Crippen LogP contribution in [0.15, 0.2) is 53.6 Å². The molecule has 8 heteroatoms. The SMILES string of the molecule is COc1cc(Cl)c(C)cc1NC(=O)CCSc1nc(-c2ccc(Cl)cc2)ccc1C#N. The van der Waals surface area contributed by atoms with Crippen LogP contribution in [-0.4, -0.2) is 23.8 Å². The summed E-state index contributed by atoms with van der Waals surface area (Å²) in [5.41, 5.74) is 3.52. The first-order valence-electron chi connectivity index (χ1n) is 9.35. The van der Waals surface area contributed by atoms with Crippen LogP contribution in [0, 0.1) is 18.3 Å². The van der Waals surface area contributed by atoms with Crippen LogP contribution in [-0.2, 0) is 4.79 Å². The molecule has 0 unspecified atom stereocenters. The van der Waals surface area contributed by atoms with Gasteiger partial charge in [0.25, 0.3) is 0 Å². The average Bonchev–Trinajstić information content (AvgIpc) is 2.76. The summed E-state index contributed by atoms with van der Waals surface area (Å²) in [4.78, 5) is 17.0. The van der Waals surface area contributed by atoms with E-state index in [1.165, 1.54) is 18.9 Å². The van der Waals surface area contributed by atoms with Gasteiger partial charge in [-0.2, -0.15) is 5.26 Å². The second-order valence-corrected chi connectivity index (χ2v) is 8.54. The fraction of sp³-hybridized carbons (Fsp3) is 0.174. The van der Waals surface area contributed by atoms with Crippen LogP contribution in [0.3, 0.4) is 0 Å². The molecule has 0 atom stereocenters. The van der Waals surface area contributed by atoms with Crippen molar-refractivity contribution < 1.29 is 9.53 Å². The number of nitriles is 1. The van der Waals surface area contributed by atoms with Gasteiger partial charge in [-0.15, -0.1) is 11.8 Å². The minimum absolute atomic E-state index is 0.167. The van der Waals surface area contributed by atoms with Gasteiger partial charge in [-0.1, -0.05) is 35.3 Å². The van der Waals surface area contributed by atoms with Gasteiger partial charge in [-0.05, 0) is 42.8 Å². The number of methoxy groups -OCH3 is 1. The number of anilines is 1. The molecule has 1 amide bonds. The number of benzene rings is 2. The molecule has 0 aliphatic rings. The molecule has 3 rings (SSSR count). The van der Waals surface area contributed by atoms with E-state index >= 15 is 0 Å². The van der Waals surface area contributed by atoms with E-state index in [1.807, 2.05) is 19.1 Å². The number of aromatic nitrogens is 1. The second kappa shape index (κ2) is 10.5. The predicted molar refractivity (Wildman–Crippen MR) is 126 cm³/mol. The summed E-state index contributed by atoms with van der Waals surface area (Å²) >= 11 is 13.4. The van der Waals surface area contributed by atoms with Crippen molar-refractivity contribution in [2.45, 2.75) is 18.4 Å². The van der Waals surface area contributed by atoms with Crippen LogP contribution in [0.1, 0.15) is 17.5 Å². The Labute approximate surface area is 195 Å². The monoisotopic (exact) mass is 471 g/mol. The van der Waals surface area contributed by atoms with Gasteiger partial charge in [0, 0.05) is 33.8 Å². The van der Waals surface area contributed by atoms with Gasteiger partial charge < -0.3 is 10.1 Å². The highest BCUT2D eigenvalue weighted by Crippen LogP contribution is 2.31. The molecule has 0 saturated heterocycles. The van der Waals surface area contributed by atoms with Crippen molar-refractivity contribution in [1.29, 1.82) is 5.26 Å². The third kappa shape index (κ3) is 5.92. The fourth-order valence-corrected chi connectivity index (χ4v) is 3.99. The lowest BCUT2D eigenvalue weighted by Gasteiger charge is -2.12. The maximum atomic E-state index is 12.4. The molecule has 0 spiro atoms. The van der Waals surface area contributed by atoms with Crippen molar-refractivity contribution in [2.75, 3.05) is 18.2 Å². The molecule has 3 aromatic rings. The van der Waals surface area contributed by atoms with E-state index in [0.29, 0.717) is 37.8 Å². The Balaban J connectivity index is 1.67. The highest BCUT2D eigenvalue weighted by molar-refractivity contribution is 7.99. The van der Waals surface area contributed by atoms with Crippen LogP contribution < -0.4 is 10.1 Å². The Hall–Kier alpha value is -2.72. The van der Waals surface area contributed by atoms with Crippen molar-refractivity contribution >= 4 is 46.6 Å². The highest BCUT2D eigenvalue weighted by Gasteiger charge is 2.12. The van der Waals surface area contributed by atoms with E-state index < -0.39 is 0 Å². The summed E-state index contributed by atoms with van der Waals surface area (Å²) in [6.07, 6.45) is 0.243. The number of carbonyl (C=O) groups is 1. The molecule has 0 aliphatic heterocycles. The third-order valence-electron chi connectivity index (χ3n) is 4.44. The topological polar surface area (TPSA) is 75.0 Å². The zero-order chi connectivity index (χ0) is 22.4. The van der Waals surface area contributed by atoms with Crippen LogP contribution in [0.2, 0.25) is 10.0 Å². The van der Waals surface area contributed by atoms with Gasteiger partial charge in [0.1, 0.15) is 16.8 Å². The maximum Gasteiger partial charge on any atom is 0.225 e. The summed E-state index contributed by atoms with van der Waals surface area (Å²) in [5.74, 6) is 0.799. The minimum Gasteiger partial charge on any atom is -0.495 e. The largest absolute Gasteiger partial charge is 0.495 e. The van der Waals surface area contributed by atoms with E-state index in [-0.39, 0.29) is 12.3 Å². The summed E-state index contributed by atoms with van der Waals surface area (Å²) in [5, 5.41) is 14.1. The summed E-state index contributed by atoms with van der Waals surface area (Å²) < 4.78 is 5.29. The van der Waals surface area contributed by atoms with Gasteiger partial charge in [-0.25, -0.2) is 4.98 Å². The van der Waals surface area contributed by atoms with Crippen molar-refractivity contribution in [2.24, 2.45) is 0 Å². The number of carbonyl (C=O) groups excluding carboxylic acids is 1.